The zero-order valence-electron chi connectivity index (χ0n) is 8.38. The Kier molecular flexibility index (Phi) is 2.82. The number of rotatable bonds is 2. The number of carbonyl (C=O) groups is 1. The van der Waals surface area contributed by atoms with Crippen molar-refractivity contribution in [1.29, 1.82) is 0 Å². The molecule has 5 nitrogen and oxygen atoms in total. The predicted molar refractivity (Wildman–Crippen MR) is 58.3 cm³/mol. The van der Waals surface area contributed by atoms with Crippen LogP contribution in [-0.2, 0) is 4.74 Å². The van der Waals surface area contributed by atoms with Gasteiger partial charge in [-0.1, -0.05) is 16.6 Å². The maximum absolute atomic E-state index is 11.4. The van der Waals surface area contributed by atoms with Gasteiger partial charge in [-0.2, -0.15) is 0 Å². The fourth-order valence-corrected chi connectivity index (χ4v) is 1.87. The van der Waals surface area contributed by atoms with Crippen LogP contribution in [0.4, 0.5) is 0 Å². The predicted octanol–water partition coefficient (Wildman–Crippen LogP) is 1.70. The largest absolute Gasteiger partial charge is 0.507 e. The van der Waals surface area contributed by atoms with E-state index in [1.807, 2.05) is 0 Å². The molecule has 0 radical (unpaired) electrons. The number of benzene rings is 1. The van der Waals surface area contributed by atoms with E-state index < -0.39 is 5.97 Å². The minimum Gasteiger partial charge on any atom is -0.507 e. The highest BCUT2D eigenvalue weighted by molar-refractivity contribution is 7.08. The Hall–Kier alpha value is -1.95. The lowest BCUT2D eigenvalue weighted by Gasteiger charge is -2.01. The van der Waals surface area contributed by atoms with Crippen LogP contribution in [0.5, 0.6) is 5.75 Å². The summed E-state index contributed by atoms with van der Waals surface area (Å²) < 4.78 is 8.29. The second-order valence-corrected chi connectivity index (χ2v) is 3.71. The SMILES string of the molecule is COC(=O)c1snnc1-c1ccccc1O. The second kappa shape index (κ2) is 4.28. The zero-order chi connectivity index (χ0) is 11.5. The summed E-state index contributed by atoms with van der Waals surface area (Å²) in [6, 6.07) is 6.63. The van der Waals surface area contributed by atoms with Gasteiger partial charge in [0.15, 0.2) is 4.88 Å². The summed E-state index contributed by atoms with van der Waals surface area (Å²) >= 11 is 0.939. The molecule has 0 fully saturated rings. The molecule has 2 rings (SSSR count). The highest BCUT2D eigenvalue weighted by atomic mass is 32.1. The number of phenols is 1. The molecule has 0 atom stereocenters. The Morgan fingerprint density at radius 3 is 2.88 bits per heavy atom. The van der Waals surface area contributed by atoms with Crippen molar-refractivity contribution >= 4 is 17.5 Å². The van der Waals surface area contributed by atoms with Crippen molar-refractivity contribution in [2.75, 3.05) is 7.11 Å². The zero-order valence-corrected chi connectivity index (χ0v) is 9.19. The first kappa shape index (κ1) is 10.6. The summed E-state index contributed by atoms with van der Waals surface area (Å²) in [5.74, 6) is -0.450. The Morgan fingerprint density at radius 2 is 2.19 bits per heavy atom. The van der Waals surface area contributed by atoms with Crippen molar-refractivity contribution in [3.8, 4) is 17.0 Å². The highest BCUT2D eigenvalue weighted by Crippen LogP contribution is 2.31. The van der Waals surface area contributed by atoms with Gasteiger partial charge >= 0.3 is 5.97 Å². The van der Waals surface area contributed by atoms with Crippen LogP contribution in [0.25, 0.3) is 11.3 Å². The van der Waals surface area contributed by atoms with Crippen LogP contribution in [0.3, 0.4) is 0 Å². The van der Waals surface area contributed by atoms with E-state index in [0.717, 1.165) is 11.5 Å². The molecule has 0 saturated heterocycles. The van der Waals surface area contributed by atoms with Crippen LogP contribution < -0.4 is 0 Å². The maximum atomic E-state index is 11.4. The molecule has 1 heterocycles. The number of carbonyl (C=O) groups excluding carboxylic acids is 1. The molecular weight excluding hydrogens is 228 g/mol. The standard InChI is InChI=1S/C10H8N2O3S/c1-15-10(14)9-8(11-12-16-9)6-4-2-3-5-7(6)13/h2-5,13H,1H3. The molecule has 0 unspecified atom stereocenters. The van der Waals surface area contributed by atoms with E-state index in [1.165, 1.54) is 13.2 Å². The van der Waals surface area contributed by atoms with Crippen LogP contribution in [0.2, 0.25) is 0 Å². The van der Waals surface area contributed by atoms with Gasteiger partial charge in [0.05, 0.1) is 7.11 Å². The number of hydrogen-bond acceptors (Lipinski definition) is 6. The van der Waals surface area contributed by atoms with Crippen LogP contribution in [-0.4, -0.2) is 27.8 Å². The first-order chi connectivity index (χ1) is 7.74. The number of hydrogen-bond donors (Lipinski definition) is 1. The van der Waals surface area contributed by atoms with Gasteiger partial charge in [0.2, 0.25) is 0 Å². The number of phenolic OH excluding ortho intramolecular Hbond substituents is 1. The summed E-state index contributed by atoms with van der Waals surface area (Å²) in [7, 11) is 1.29. The number of methoxy groups -OCH3 is 1. The Bertz CT molecular complexity index is 524. The van der Waals surface area contributed by atoms with E-state index in [4.69, 9.17) is 0 Å². The van der Waals surface area contributed by atoms with E-state index in [1.54, 1.807) is 18.2 Å². The summed E-state index contributed by atoms with van der Waals surface area (Å²) in [4.78, 5) is 11.7. The molecule has 1 aromatic carbocycles. The third kappa shape index (κ3) is 1.74. The number of para-hydroxylation sites is 1. The lowest BCUT2D eigenvalue weighted by Crippen LogP contribution is -2.00. The maximum Gasteiger partial charge on any atom is 0.352 e. The highest BCUT2D eigenvalue weighted by Gasteiger charge is 2.19. The molecule has 0 aliphatic heterocycles. The first-order valence-corrected chi connectivity index (χ1v) is 5.20. The second-order valence-electron chi connectivity index (χ2n) is 2.96. The van der Waals surface area contributed by atoms with Gasteiger partial charge in [-0.25, -0.2) is 4.79 Å². The lowest BCUT2D eigenvalue weighted by atomic mass is 10.1. The molecule has 1 N–H and O–H groups in total. The molecule has 0 amide bonds. The fourth-order valence-electron chi connectivity index (χ4n) is 1.27. The van der Waals surface area contributed by atoms with Crippen LogP contribution >= 0.6 is 11.5 Å². The molecule has 0 saturated carbocycles. The molecule has 0 aliphatic rings. The Balaban J connectivity index is 2.53. The van der Waals surface area contributed by atoms with E-state index in [2.05, 4.69) is 14.3 Å². The first-order valence-electron chi connectivity index (χ1n) is 4.43. The van der Waals surface area contributed by atoms with Crippen molar-refractivity contribution in [2.24, 2.45) is 0 Å². The van der Waals surface area contributed by atoms with Gasteiger partial charge < -0.3 is 9.84 Å². The average molecular weight is 236 g/mol. The summed E-state index contributed by atoms with van der Waals surface area (Å²) in [5.41, 5.74) is 0.812. The third-order valence-electron chi connectivity index (χ3n) is 2.02. The summed E-state index contributed by atoms with van der Waals surface area (Å²) in [6.07, 6.45) is 0. The molecule has 0 bridgehead atoms. The van der Waals surface area contributed by atoms with Gasteiger partial charge in [0.1, 0.15) is 11.4 Å². The quantitative estimate of drug-likeness (QED) is 0.803. The Labute approximate surface area is 95.5 Å². The topological polar surface area (TPSA) is 72.3 Å². The van der Waals surface area contributed by atoms with Crippen molar-refractivity contribution in [3.05, 3.63) is 29.1 Å². The van der Waals surface area contributed by atoms with Crippen LogP contribution in [0, 0.1) is 0 Å². The molecule has 0 spiro atoms. The summed E-state index contributed by atoms with van der Waals surface area (Å²) in [5, 5.41) is 13.5. The van der Waals surface area contributed by atoms with Crippen LogP contribution in [0.1, 0.15) is 9.67 Å². The van der Waals surface area contributed by atoms with E-state index >= 15 is 0 Å². The van der Waals surface area contributed by atoms with Crippen molar-refractivity contribution in [2.45, 2.75) is 0 Å². The molecule has 0 aliphatic carbocycles. The summed E-state index contributed by atoms with van der Waals surface area (Å²) in [6.45, 7) is 0. The van der Waals surface area contributed by atoms with Crippen molar-refractivity contribution in [1.82, 2.24) is 9.59 Å². The average Bonchev–Trinajstić information content (AvgIpc) is 2.77. The van der Waals surface area contributed by atoms with Crippen molar-refractivity contribution < 1.29 is 14.6 Å². The third-order valence-corrected chi connectivity index (χ3v) is 2.72. The fraction of sp³-hybridized carbons (Fsp3) is 0.100. The van der Waals surface area contributed by atoms with E-state index in [0.29, 0.717) is 11.3 Å². The lowest BCUT2D eigenvalue weighted by molar-refractivity contribution is 0.0607. The number of nitrogens with zero attached hydrogens (tertiary/aromatic N) is 2. The van der Waals surface area contributed by atoms with E-state index in [9.17, 15) is 9.90 Å². The smallest absolute Gasteiger partial charge is 0.352 e. The molecule has 1 aromatic heterocycles. The minimum atomic E-state index is -0.506. The van der Waals surface area contributed by atoms with Gasteiger partial charge in [-0.3, -0.25) is 0 Å². The molecule has 6 heteroatoms. The number of aromatic hydroxyl groups is 1. The number of ether oxygens (including phenoxy) is 1. The monoisotopic (exact) mass is 236 g/mol. The van der Waals surface area contributed by atoms with Crippen molar-refractivity contribution in [3.63, 3.8) is 0 Å². The van der Waals surface area contributed by atoms with E-state index in [-0.39, 0.29) is 10.6 Å². The molecule has 2 aromatic rings. The molecular formula is C10H8N2O3S. The van der Waals surface area contributed by atoms with Gasteiger partial charge in [0, 0.05) is 5.56 Å². The minimum absolute atomic E-state index is 0.0559. The van der Waals surface area contributed by atoms with Gasteiger partial charge in [-0.15, -0.1) is 5.10 Å². The van der Waals surface area contributed by atoms with Gasteiger partial charge in [-0.05, 0) is 23.7 Å². The number of aromatic nitrogens is 2. The molecule has 82 valence electrons. The normalized spacial score (nSPS) is 10.1. The molecule has 16 heavy (non-hydrogen) atoms. The van der Waals surface area contributed by atoms with Crippen LogP contribution in [0.15, 0.2) is 24.3 Å². The van der Waals surface area contributed by atoms with Gasteiger partial charge in [0.25, 0.3) is 0 Å². The number of esters is 1. The Morgan fingerprint density at radius 1 is 1.44 bits per heavy atom.